The fourth-order valence-electron chi connectivity index (χ4n) is 1.63. The Morgan fingerprint density at radius 2 is 2.27 bits per heavy atom. The molecule has 0 aliphatic carbocycles. The molecule has 0 saturated heterocycles. The summed E-state index contributed by atoms with van der Waals surface area (Å²) in [7, 11) is 0. The molecular weight excluding hydrogens is 195 g/mol. The Hall–Kier alpha value is -1.68. The molecule has 1 aromatic carbocycles. The van der Waals surface area contributed by atoms with Crippen molar-refractivity contribution >= 4 is 16.7 Å². The number of carbonyl (C=O) groups excluding carboxylic acids is 1. The number of nitrogens with one attached hydrogen (secondary N) is 1. The van der Waals surface area contributed by atoms with Gasteiger partial charge in [0, 0.05) is 29.1 Å². The molecule has 0 atom stereocenters. The predicted molar refractivity (Wildman–Crippen MR) is 56.3 cm³/mol. The maximum atomic E-state index is 13.5. The molecule has 0 aliphatic rings. The highest BCUT2D eigenvalue weighted by molar-refractivity contribution is 6.08. The van der Waals surface area contributed by atoms with Crippen LogP contribution in [-0.4, -0.2) is 17.3 Å². The molecule has 0 amide bonds. The van der Waals surface area contributed by atoms with Crippen molar-refractivity contribution in [3.8, 4) is 0 Å². The Bertz CT molecular complexity index is 504. The van der Waals surface area contributed by atoms with Gasteiger partial charge in [-0.2, -0.15) is 0 Å². The molecule has 2 aromatic rings. The number of hydrogen-bond donors (Lipinski definition) is 2. The summed E-state index contributed by atoms with van der Waals surface area (Å²) in [5.41, 5.74) is 6.31. The molecule has 4 heteroatoms. The zero-order valence-corrected chi connectivity index (χ0v) is 8.09. The molecule has 15 heavy (non-hydrogen) atoms. The average Bonchev–Trinajstić information content (AvgIpc) is 2.63. The van der Waals surface area contributed by atoms with Gasteiger partial charge >= 0.3 is 0 Å². The Labute approximate surface area is 86.1 Å². The number of hydrogen-bond acceptors (Lipinski definition) is 2. The van der Waals surface area contributed by atoms with E-state index in [1.807, 2.05) is 0 Å². The van der Waals surface area contributed by atoms with Crippen molar-refractivity contribution in [2.45, 2.75) is 6.42 Å². The minimum absolute atomic E-state index is 0.131. The summed E-state index contributed by atoms with van der Waals surface area (Å²) in [6.07, 6.45) is 1.77. The Morgan fingerprint density at radius 1 is 1.47 bits per heavy atom. The van der Waals surface area contributed by atoms with E-state index in [0.717, 1.165) is 0 Å². The van der Waals surface area contributed by atoms with Crippen LogP contribution < -0.4 is 5.73 Å². The molecule has 0 fully saturated rings. The monoisotopic (exact) mass is 206 g/mol. The van der Waals surface area contributed by atoms with Crippen molar-refractivity contribution in [2.24, 2.45) is 5.73 Å². The van der Waals surface area contributed by atoms with Crippen molar-refractivity contribution in [1.82, 2.24) is 4.98 Å². The fourth-order valence-corrected chi connectivity index (χ4v) is 1.63. The first-order chi connectivity index (χ1) is 7.24. The number of benzene rings is 1. The van der Waals surface area contributed by atoms with Crippen LogP contribution in [0.15, 0.2) is 24.4 Å². The second-order valence-corrected chi connectivity index (χ2v) is 3.33. The van der Waals surface area contributed by atoms with Crippen LogP contribution >= 0.6 is 0 Å². The first-order valence-electron chi connectivity index (χ1n) is 4.73. The van der Waals surface area contributed by atoms with Crippen LogP contribution in [0.5, 0.6) is 0 Å². The van der Waals surface area contributed by atoms with Crippen LogP contribution in [-0.2, 0) is 0 Å². The molecule has 1 heterocycles. The number of carbonyl (C=O) groups is 1. The highest BCUT2D eigenvalue weighted by Crippen LogP contribution is 2.22. The molecule has 1 aromatic heterocycles. The number of H-pyrrole nitrogens is 1. The summed E-state index contributed by atoms with van der Waals surface area (Å²) >= 11 is 0. The van der Waals surface area contributed by atoms with E-state index < -0.39 is 0 Å². The van der Waals surface area contributed by atoms with Gasteiger partial charge in [-0.15, -0.1) is 0 Å². The lowest BCUT2D eigenvalue weighted by molar-refractivity contribution is 0.0987. The van der Waals surface area contributed by atoms with Crippen LogP contribution in [0.1, 0.15) is 16.8 Å². The van der Waals surface area contributed by atoms with Crippen molar-refractivity contribution in [3.05, 3.63) is 35.8 Å². The normalized spacial score (nSPS) is 10.8. The average molecular weight is 206 g/mol. The predicted octanol–water partition coefficient (Wildman–Crippen LogP) is 1.84. The van der Waals surface area contributed by atoms with Gasteiger partial charge in [0.1, 0.15) is 5.82 Å². The number of rotatable bonds is 3. The molecule has 2 rings (SSSR count). The van der Waals surface area contributed by atoms with Crippen molar-refractivity contribution in [2.75, 3.05) is 6.54 Å². The molecule has 0 spiro atoms. The summed E-state index contributed by atoms with van der Waals surface area (Å²) in [5, 5.41) is 0.357. The second kappa shape index (κ2) is 3.82. The standard InChI is InChI=1S/C11H11FN2O/c12-8-2-1-3-9-11(8)7(6-14-9)10(15)4-5-13/h1-3,6,14H,4-5,13H2. The van der Waals surface area contributed by atoms with Crippen LogP contribution in [0.2, 0.25) is 0 Å². The number of halogens is 1. The minimum atomic E-state index is -0.380. The van der Waals surface area contributed by atoms with Gasteiger partial charge in [0.15, 0.2) is 5.78 Å². The van der Waals surface area contributed by atoms with Crippen LogP contribution in [0.3, 0.4) is 0 Å². The third-order valence-corrected chi connectivity index (χ3v) is 2.33. The molecule has 0 aliphatic heterocycles. The summed E-state index contributed by atoms with van der Waals surface area (Å²) < 4.78 is 13.5. The number of aromatic amines is 1. The van der Waals surface area contributed by atoms with Crippen molar-refractivity contribution in [3.63, 3.8) is 0 Å². The number of Topliss-reactive ketones (excluding diaryl/α,β-unsaturated/α-hetero) is 1. The third-order valence-electron chi connectivity index (χ3n) is 2.33. The van der Waals surface area contributed by atoms with Gasteiger partial charge in [-0.3, -0.25) is 4.79 Å². The number of ketones is 1. The quantitative estimate of drug-likeness (QED) is 0.753. The van der Waals surface area contributed by atoms with Crippen LogP contribution in [0.25, 0.3) is 10.9 Å². The van der Waals surface area contributed by atoms with E-state index in [-0.39, 0.29) is 24.6 Å². The van der Waals surface area contributed by atoms with E-state index in [4.69, 9.17) is 5.73 Å². The van der Waals surface area contributed by atoms with E-state index in [0.29, 0.717) is 16.5 Å². The lowest BCUT2D eigenvalue weighted by atomic mass is 10.1. The largest absolute Gasteiger partial charge is 0.360 e. The zero-order chi connectivity index (χ0) is 10.8. The molecule has 3 nitrogen and oxygen atoms in total. The van der Waals surface area contributed by atoms with Crippen molar-refractivity contribution in [1.29, 1.82) is 0 Å². The number of nitrogens with two attached hydrogens (primary N) is 1. The van der Waals surface area contributed by atoms with Gasteiger partial charge in [0.05, 0.1) is 0 Å². The zero-order valence-electron chi connectivity index (χ0n) is 8.09. The van der Waals surface area contributed by atoms with E-state index in [1.54, 1.807) is 12.1 Å². The van der Waals surface area contributed by atoms with E-state index in [2.05, 4.69) is 4.98 Å². The molecule has 3 N–H and O–H groups in total. The Morgan fingerprint density at radius 3 is 3.00 bits per heavy atom. The minimum Gasteiger partial charge on any atom is -0.360 e. The maximum Gasteiger partial charge on any atom is 0.166 e. The van der Waals surface area contributed by atoms with Gasteiger partial charge in [-0.1, -0.05) is 6.07 Å². The lowest BCUT2D eigenvalue weighted by Gasteiger charge is -1.97. The lowest BCUT2D eigenvalue weighted by Crippen LogP contribution is -2.07. The second-order valence-electron chi connectivity index (χ2n) is 3.33. The molecule has 0 unspecified atom stereocenters. The van der Waals surface area contributed by atoms with Gasteiger partial charge in [0.2, 0.25) is 0 Å². The van der Waals surface area contributed by atoms with Crippen molar-refractivity contribution < 1.29 is 9.18 Å². The SMILES string of the molecule is NCCC(=O)c1c[nH]c2cccc(F)c12. The molecule has 0 saturated carbocycles. The smallest absolute Gasteiger partial charge is 0.166 e. The fraction of sp³-hybridized carbons (Fsp3) is 0.182. The van der Waals surface area contributed by atoms with Gasteiger partial charge in [0.25, 0.3) is 0 Å². The summed E-state index contributed by atoms with van der Waals surface area (Å²) in [6.45, 7) is 0.278. The van der Waals surface area contributed by atoms with E-state index in [9.17, 15) is 9.18 Å². The highest BCUT2D eigenvalue weighted by Gasteiger charge is 2.13. The van der Waals surface area contributed by atoms with E-state index >= 15 is 0 Å². The molecule has 78 valence electrons. The Kier molecular flexibility index (Phi) is 2.51. The first-order valence-corrected chi connectivity index (χ1v) is 4.73. The van der Waals surface area contributed by atoms with Gasteiger partial charge in [-0.05, 0) is 18.7 Å². The number of fused-ring (bicyclic) bond motifs is 1. The maximum absolute atomic E-state index is 13.5. The molecule has 0 radical (unpaired) electrons. The Balaban J connectivity index is 2.57. The first kappa shape index (κ1) is 9.86. The van der Waals surface area contributed by atoms with Crippen LogP contribution in [0, 0.1) is 5.82 Å². The van der Waals surface area contributed by atoms with Crippen LogP contribution in [0.4, 0.5) is 4.39 Å². The summed E-state index contributed by atoms with van der Waals surface area (Å²) in [4.78, 5) is 14.5. The molecule has 0 bridgehead atoms. The summed E-state index contributed by atoms with van der Waals surface area (Å²) in [6, 6.07) is 4.68. The summed E-state index contributed by atoms with van der Waals surface area (Å²) in [5.74, 6) is -0.511. The number of aromatic nitrogens is 1. The third kappa shape index (κ3) is 1.64. The molecular formula is C11H11FN2O. The highest BCUT2D eigenvalue weighted by atomic mass is 19.1. The topological polar surface area (TPSA) is 58.9 Å². The van der Waals surface area contributed by atoms with E-state index in [1.165, 1.54) is 12.3 Å². The van der Waals surface area contributed by atoms with Gasteiger partial charge in [-0.25, -0.2) is 4.39 Å². The van der Waals surface area contributed by atoms with Gasteiger partial charge < -0.3 is 10.7 Å².